The first-order valence-electron chi connectivity index (χ1n) is 5.97. The lowest BCUT2D eigenvalue weighted by Gasteiger charge is -2.23. The second-order valence-electron chi connectivity index (χ2n) is 5.19. The molecule has 0 saturated heterocycles. The zero-order valence-electron chi connectivity index (χ0n) is 11.2. The molecule has 0 aliphatic heterocycles. The second-order valence-corrected chi connectivity index (χ2v) is 6.10. The number of hydrogen-bond donors (Lipinski definition) is 1. The highest BCUT2D eigenvalue weighted by molar-refractivity contribution is 9.10. The summed E-state index contributed by atoms with van der Waals surface area (Å²) in [5.74, 6) is -0.0395. The number of nitrogens with one attached hydrogen (secondary N) is 1. The van der Waals surface area contributed by atoms with Crippen molar-refractivity contribution in [2.24, 2.45) is 0 Å². The van der Waals surface area contributed by atoms with Crippen molar-refractivity contribution < 1.29 is 13.6 Å². The number of nitrogens with zero attached hydrogens (tertiary/aromatic N) is 1. The van der Waals surface area contributed by atoms with E-state index >= 15 is 0 Å². The summed E-state index contributed by atoms with van der Waals surface area (Å²) in [6.07, 6.45) is 0. The standard InChI is InChI=1S/C13H21BrFN2O/c1-17(2,3)8-6-16-7-9-18-13-5-4-11(14)10-12(13)15/h4-5,10,16H,6-9H2,1-3H3/q+1. The van der Waals surface area contributed by atoms with Gasteiger partial charge in [-0.3, -0.25) is 0 Å². The quantitative estimate of drug-likeness (QED) is 0.615. The molecule has 1 rings (SSSR count). The van der Waals surface area contributed by atoms with Crippen molar-refractivity contribution in [1.29, 1.82) is 0 Å². The van der Waals surface area contributed by atoms with Crippen LogP contribution in [0.4, 0.5) is 4.39 Å². The van der Waals surface area contributed by atoms with Crippen molar-refractivity contribution in [3.05, 3.63) is 28.5 Å². The van der Waals surface area contributed by atoms with Gasteiger partial charge in [-0.25, -0.2) is 4.39 Å². The van der Waals surface area contributed by atoms with E-state index in [4.69, 9.17) is 4.74 Å². The third kappa shape index (κ3) is 6.33. The number of benzene rings is 1. The number of likely N-dealkylation sites (N-methyl/N-ethyl adjacent to an activating group) is 1. The zero-order chi connectivity index (χ0) is 13.6. The van der Waals surface area contributed by atoms with Crippen LogP contribution in [0.2, 0.25) is 0 Å². The average molecular weight is 320 g/mol. The molecule has 5 heteroatoms. The van der Waals surface area contributed by atoms with Gasteiger partial charge in [0.2, 0.25) is 0 Å². The van der Waals surface area contributed by atoms with E-state index in [0.29, 0.717) is 16.8 Å². The van der Waals surface area contributed by atoms with Crippen LogP contribution in [0.5, 0.6) is 5.75 Å². The van der Waals surface area contributed by atoms with Crippen LogP contribution in [0.25, 0.3) is 0 Å². The second kappa shape index (κ2) is 7.07. The minimum atomic E-state index is -0.337. The molecule has 0 atom stereocenters. The smallest absolute Gasteiger partial charge is 0.166 e. The van der Waals surface area contributed by atoms with Crippen molar-refractivity contribution in [2.45, 2.75) is 0 Å². The van der Waals surface area contributed by atoms with Crippen LogP contribution in [0.3, 0.4) is 0 Å². The lowest BCUT2D eigenvalue weighted by molar-refractivity contribution is -0.869. The van der Waals surface area contributed by atoms with Gasteiger partial charge < -0.3 is 14.5 Å². The van der Waals surface area contributed by atoms with Gasteiger partial charge in [-0.1, -0.05) is 15.9 Å². The summed E-state index contributed by atoms with van der Waals surface area (Å²) in [4.78, 5) is 0. The van der Waals surface area contributed by atoms with Crippen LogP contribution >= 0.6 is 15.9 Å². The number of hydrogen-bond acceptors (Lipinski definition) is 2. The molecule has 0 saturated carbocycles. The van der Waals surface area contributed by atoms with Crippen LogP contribution in [-0.4, -0.2) is 51.9 Å². The van der Waals surface area contributed by atoms with Gasteiger partial charge in [0, 0.05) is 17.6 Å². The molecule has 0 aliphatic carbocycles. The van der Waals surface area contributed by atoms with Gasteiger partial charge in [0.15, 0.2) is 11.6 Å². The molecule has 1 aromatic rings. The van der Waals surface area contributed by atoms with E-state index in [1.165, 1.54) is 6.07 Å². The molecule has 0 aliphatic rings. The van der Waals surface area contributed by atoms with Crippen molar-refractivity contribution in [3.8, 4) is 5.75 Å². The molecule has 0 amide bonds. The highest BCUT2D eigenvalue weighted by atomic mass is 79.9. The van der Waals surface area contributed by atoms with Crippen molar-refractivity contribution in [3.63, 3.8) is 0 Å². The number of rotatable bonds is 7. The van der Waals surface area contributed by atoms with E-state index in [0.717, 1.165) is 24.1 Å². The molecule has 0 fully saturated rings. The number of quaternary nitrogens is 1. The van der Waals surface area contributed by atoms with Crippen molar-refractivity contribution in [2.75, 3.05) is 47.4 Å². The Morgan fingerprint density at radius 2 is 2.00 bits per heavy atom. The largest absolute Gasteiger partial charge is 0.489 e. The Morgan fingerprint density at radius 3 is 2.61 bits per heavy atom. The molecule has 102 valence electrons. The molecule has 0 radical (unpaired) electrons. The molecular formula is C13H21BrFN2O+. The molecule has 1 aromatic carbocycles. The maximum Gasteiger partial charge on any atom is 0.166 e. The van der Waals surface area contributed by atoms with Gasteiger partial charge >= 0.3 is 0 Å². The zero-order valence-corrected chi connectivity index (χ0v) is 12.8. The Labute approximate surface area is 117 Å². The lowest BCUT2D eigenvalue weighted by atomic mass is 10.3. The summed E-state index contributed by atoms with van der Waals surface area (Å²) in [5, 5.41) is 3.27. The summed E-state index contributed by atoms with van der Waals surface area (Å²) in [6, 6.07) is 4.80. The van der Waals surface area contributed by atoms with Gasteiger partial charge in [0.1, 0.15) is 6.61 Å². The minimum absolute atomic E-state index is 0.298. The SMILES string of the molecule is C[N+](C)(C)CCNCCOc1ccc(Br)cc1F. The maximum atomic E-state index is 13.4. The highest BCUT2D eigenvalue weighted by Crippen LogP contribution is 2.21. The van der Waals surface area contributed by atoms with Crippen molar-refractivity contribution >= 4 is 15.9 Å². The van der Waals surface area contributed by atoms with Gasteiger partial charge in [-0.2, -0.15) is 0 Å². The third-order valence-electron chi connectivity index (χ3n) is 2.39. The highest BCUT2D eigenvalue weighted by Gasteiger charge is 2.06. The molecule has 0 unspecified atom stereocenters. The van der Waals surface area contributed by atoms with E-state index in [2.05, 4.69) is 42.4 Å². The van der Waals surface area contributed by atoms with E-state index in [-0.39, 0.29) is 5.82 Å². The van der Waals surface area contributed by atoms with Crippen LogP contribution in [0.1, 0.15) is 0 Å². The molecule has 18 heavy (non-hydrogen) atoms. The summed E-state index contributed by atoms with van der Waals surface area (Å²) < 4.78 is 20.4. The monoisotopic (exact) mass is 319 g/mol. The topological polar surface area (TPSA) is 21.3 Å². The molecule has 0 spiro atoms. The Morgan fingerprint density at radius 1 is 1.28 bits per heavy atom. The first kappa shape index (κ1) is 15.4. The van der Waals surface area contributed by atoms with Crippen LogP contribution in [0.15, 0.2) is 22.7 Å². The molecule has 0 bridgehead atoms. The first-order chi connectivity index (χ1) is 8.38. The molecule has 0 aromatic heterocycles. The predicted octanol–water partition coefficient (Wildman–Crippen LogP) is 2.26. The van der Waals surface area contributed by atoms with E-state index in [9.17, 15) is 4.39 Å². The van der Waals surface area contributed by atoms with Crippen molar-refractivity contribution in [1.82, 2.24) is 5.32 Å². The van der Waals surface area contributed by atoms with E-state index in [1.807, 2.05) is 0 Å². The normalized spacial score (nSPS) is 11.6. The van der Waals surface area contributed by atoms with Gasteiger partial charge in [0.05, 0.1) is 27.7 Å². The Bertz CT molecular complexity index is 380. The third-order valence-corrected chi connectivity index (χ3v) is 2.88. The summed E-state index contributed by atoms with van der Waals surface area (Å²) >= 11 is 3.21. The van der Waals surface area contributed by atoms with Crippen LogP contribution < -0.4 is 10.1 Å². The summed E-state index contributed by atoms with van der Waals surface area (Å²) in [6.45, 7) is 3.16. The van der Waals surface area contributed by atoms with Gasteiger partial charge in [-0.05, 0) is 18.2 Å². The fourth-order valence-corrected chi connectivity index (χ4v) is 1.70. The van der Waals surface area contributed by atoms with E-state index in [1.54, 1.807) is 12.1 Å². The maximum absolute atomic E-state index is 13.4. The summed E-state index contributed by atoms with van der Waals surface area (Å²) in [5.41, 5.74) is 0. The molecule has 0 heterocycles. The van der Waals surface area contributed by atoms with Crippen LogP contribution in [-0.2, 0) is 0 Å². The molecular weight excluding hydrogens is 299 g/mol. The van der Waals surface area contributed by atoms with Gasteiger partial charge in [-0.15, -0.1) is 0 Å². The predicted molar refractivity (Wildman–Crippen MR) is 75.4 cm³/mol. The Hall–Kier alpha value is -0.650. The van der Waals surface area contributed by atoms with Crippen LogP contribution in [0, 0.1) is 5.82 Å². The molecule has 3 nitrogen and oxygen atoms in total. The van der Waals surface area contributed by atoms with E-state index < -0.39 is 0 Å². The fraction of sp³-hybridized carbons (Fsp3) is 0.538. The average Bonchev–Trinajstić information content (AvgIpc) is 2.24. The first-order valence-corrected chi connectivity index (χ1v) is 6.77. The fourth-order valence-electron chi connectivity index (χ4n) is 1.36. The number of ether oxygens (including phenoxy) is 1. The summed E-state index contributed by atoms with van der Waals surface area (Å²) in [7, 11) is 6.44. The number of halogens is 2. The van der Waals surface area contributed by atoms with Gasteiger partial charge in [0.25, 0.3) is 0 Å². The minimum Gasteiger partial charge on any atom is -0.489 e. The molecule has 1 N–H and O–H groups in total. The lowest BCUT2D eigenvalue weighted by Crippen LogP contribution is -2.41. The Balaban J connectivity index is 2.18. The Kier molecular flexibility index (Phi) is 6.05.